The minimum absolute atomic E-state index is 0.0261. The van der Waals surface area contributed by atoms with Gasteiger partial charge in [-0.2, -0.15) is 0 Å². The predicted molar refractivity (Wildman–Crippen MR) is 67.7 cm³/mol. The van der Waals surface area contributed by atoms with Gasteiger partial charge in [-0.3, -0.25) is 9.78 Å². The van der Waals surface area contributed by atoms with Crippen molar-refractivity contribution >= 4 is 11.6 Å². The van der Waals surface area contributed by atoms with Crippen molar-refractivity contribution in [1.29, 1.82) is 0 Å². The summed E-state index contributed by atoms with van der Waals surface area (Å²) >= 11 is 0. The Morgan fingerprint density at radius 1 is 1.18 bits per heavy atom. The zero-order chi connectivity index (χ0) is 12.1. The topological polar surface area (TPSA) is 42.0 Å². The number of aromatic nitrogens is 1. The van der Waals surface area contributed by atoms with Crippen molar-refractivity contribution in [3.05, 3.63) is 59.9 Å². The fourth-order valence-electron chi connectivity index (χ4n) is 1.53. The molecular weight excluding hydrogens is 212 g/mol. The first kappa shape index (κ1) is 11.3. The summed E-state index contributed by atoms with van der Waals surface area (Å²) in [5.74, 6) is -0.0261. The van der Waals surface area contributed by atoms with Gasteiger partial charge in [0.2, 0.25) is 5.91 Å². The molecule has 86 valence electrons. The Labute approximate surface area is 101 Å². The van der Waals surface area contributed by atoms with E-state index in [1.54, 1.807) is 6.20 Å². The minimum atomic E-state index is -0.0261. The van der Waals surface area contributed by atoms with Crippen LogP contribution in [0.2, 0.25) is 0 Å². The molecule has 1 amide bonds. The van der Waals surface area contributed by atoms with Crippen molar-refractivity contribution in [3.63, 3.8) is 0 Å². The van der Waals surface area contributed by atoms with Gasteiger partial charge in [-0.1, -0.05) is 30.3 Å². The summed E-state index contributed by atoms with van der Waals surface area (Å²) in [6.45, 7) is 1.91. The van der Waals surface area contributed by atoms with Gasteiger partial charge in [0.25, 0.3) is 0 Å². The number of amides is 1. The van der Waals surface area contributed by atoms with Gasteiger partial charge in [0.05, 0.1) is 18.3 Å². The first-order valence-corrected chi connectivity index (χ1v) is 5.50. The van der Waals surface area contributed by atoms with Crippen LogP contribution in [0.3, 0.4) is 0 Å². The highest BCUT2D eigenvalue weighted by molar-refractivity contribution is 5.92. The number of hydrogen-bond donors (Lipinski definition) is 1. The third-order valence-electron chi connectivity index (χ3n) is 2.40. The Bertz CT molecular complexity index is 491. The van der Waals surface area contributed by atoms with E-state index in [1.165, 1.54) is 0 Å². The van der Waals surface area contributed by atoms with Crippen LogP contribution in [0.15, 0.2) is 48.7 Å². The number of rotatable bonds is 3. The number of anilines is 1. The third kappa shape index (κ3) is 3.41. The van der Waals surface area contributed by atoms with Gasteiger partial charge in [-0.15, -0.1) is 0 Å². The van der Waals surface area contributed by atoms with Crippen molar-refractivity contribution in [2.24, 2.45) is 0 Å². The van der Waals surface area contributed by atoms with Crippen molar-refractivity contribution in [2.75, 3.05) is 5.32 Å². The van der Waals surface area contributed by atoms with Crippen LogP contribution in [0.25, 0.3) is 0 Å². The van der Waals surface area contributed by atoms with Crippen LogP contribution >= 0.6 is 0 Å². The number of pyridine rings is 1. The average Bonchev–Trinajstić information content (AvgIpc) is 2.33. The van der Waals surface area contributed by atoms with E-state index in [-0.39, 0.29) is 5.91 Å². The molecule has 3 heteroatoms. The van der Waals surface area contributed by atoms with Crippen LogP contribution < -0.4 is 5.32 Å². The van der Waals surface area contributed by atoms with Crippen LogP contribution in [0.4, 0.5) is 5.69 Å². The lowest BCUT2D eigenvalue weighted by Crippen LogP contribution is -2.14. The van der Waals surface area contributed by atoms with E-state index >= 15 is 0 Å². The molecular formula is C14H14N2O. The lowest BCUT2D eigenvalue weighted by Gasteiger charge is -2.05. The zero-order valence-corrected chi connectivity index (χ0v) is 9.68. The molecule has 3 nitrogen and oxygen atoms in total. The number of hydrogen-bond acceptors (Lipinski definition) is 2. The number of aryl methyl sites for hydroxylation is 1. The van der Waals surface area contributed by atoms with E-state index in [2.05, 4.69) is 10.3 Å². The summed E-state index contributed by atoms with van der Waals surface area (Å²) in [6, 6.07) is 13.4. The molecule has 0 fully saturated rings. The van der Waals surface area contributed by atoms with E-state index in [9.17, 15) is 4.79 Å². The van der Waals surface area contributed by atoms with Crippen molar-refractivity contribution < 1.29 is 4.79 Å². The number of nitrogens with one attached hydrogen (secondary N) is 1. The number of carbonyl (C=O) groups excluding carboxylic acids is 1. The molecule has 0 aliphatic heterocycles. The van der Waals surface area contributed by atoms with Gasteiger partial charge < -0.3 is 5.32 Å². The molecule has 0 spiro atoms. The molecule has 0 unspecified atom stereocenters. The summed E-state index contributed by atoms with van der Waals surface area (Å²) in [5.41, 5.74) is 2.67. The Balaban J connectivity index is 1.96. The lowest BCUT2D eigenvalue weighted by atomic mass is 10.1. The van der Waals surface area contributed by atoms with Gasteiger partial charge in [0.15, 0.2) is 0 Å². The SMILES string of the molecule is Cc1ccc(NC(=O)Cc2ccccc2)cn1. The lowest BCUT2D eigenvalue weighted by molar-refractivity contribution is -0.115. The van der Waals surface area contributed by atoms with Gasteiger partial charge in [0.1, 0.15) is 0 Å². The molecule has 1 heterocycles. The van der Waals surface area contributed by atoms with E-state index in [0.29, 0.717) is 6.42 Å². The van der Waals surface area contributed by atoms with E-state index in [0.717, 1.165) is 16.9 Å². The molecule has 0 aliphatic rings. The van der Waals surface area contributed by atoms with Crippen molar-refractivity contribution in [3.8, 4) is 0 Å². The highest BCUT2D eigenvalue weighted by Gasteiger charge is 2.03. The molecule has 0 saturated carbocycles. The Morgan fingerprint density at radius 2 is 1.94 bits per heavy atom. The fourth-order valence-corrected chi connectivity index (χ4v) is 1.53. The van der Waals surface area contributed by atoms with Gasteiger partial charge in [-0.05, 0) is 24.6 Å². The largest absolute Gasteiger partial charge is 0.324 e. The molecule has 0 aliphatic carbocycles. The van der Waals surface area contributed by atoms with Crippen LogP contribution in [-0.2, 0) is 11.2 Å². The standard InChI is InChI=1S/C14H14N2O/c1-11-7-8-13(10-15-11)16-14(17)9-12-5-3-2-4-6-12/h2-8,10H,9H2,1H3,(H,16,17). The fraction of sp³-hybridized carbons (Fsp3) is 0.143. The number of carbonyl (C=O) groups is 1. The molecule has 1 aromatic carbocycles. The molecule has 2 aromatic rings. The van der Waals surface area contributed by atoms with E-state index in [1.807, 2.05) is 49.4 Å². The second-order valence-electron chi connectivity index (χ2n) is 3.90. The summed E-state index contributed by atoms with van der Waals surface area (Å²) in [4.78, 5) is 15.9. The maximum absolute atomic E-state index is 11.7. The minimum Gasteiger partial charge on any atom is -0.324 e. The molecule has 0 atom stereocenters. The maximum atomic E-state index is 11.7. The van der Waals surface area contributed by atoms with Crippen LogP contribution in [0, 0.1) is 6.92 Å². The molecule has 1 N–H and O–H groups in total. The first-order chi connectivity index (χ1) is 8.24. The molecule has 0 saturated heterocycles. The Hall–Kier alpha value is -2.16. The van der Waals surface area contributed by atoms with Gasteiger partial charge in [-0.25, -0.2) is 0 Å². The summed E-state index contributed by atoms with van der Waals surface area (Å²) in [5, 5.41) is 2.82. The maximum Gasteiger partial charge on any atom is 0.228 e. The Morgan fingerprint density at radius 3 is 2.59 bits per heavy atom. The average molecular weight is 226 g/mol. The van der Waals surface area contributed by atoms with Crippen LogP contribution in [0.1, 0.15) is 11.3 Å². The highest BCUT2D eigenvalue weighted by Crippen LogP contribution is 2.07. The second kappa shape index (κ2) is 5.25. The zero-order valence-electron chi connectivity index (χ0n) is 9.68. The summed E-state index contributed by atoms with van der Waals surface area (Å²) in [7, 11) is 0. The first-order valence-electron chi connectivity index (χ1n) is 5.50. The monoisotopic (exact) mass is 226 g/mol. The Kier molecular flexibility index (Phi) is 3.50. The van der Waals surface area contributed by atoms with Crippen LogP contribution in [0.5, 0.6) is 0 Å². The quantitative estimate of drug-likeness (QED) is 0.874. The summed E-state index contributed by atoms with van der Waals surface area (Å²) in [6.07, 6.45) is 2.05. The van der Waals surface area contributed by atoms with Crippen molar-refractivity contribution in [2.45, 2.75) is 13.3 Å². The van der Waals surface area contributed by atoms with Gasteiger partial charge in [0, 0.05) is 5.69 Å². The number of nitrogens with zero attached hydrogens (tertiary/aromatic N) is 1. The number of benzene rings is 1. The van der Waals surface area contributed by atoms with Crippen LogP contribution in [-0.4, -0.2) is 10.9 Å². The normalized spacial score (nSPS) is 9.94. The van der Waals surface area contributed by atoms with Gasteiger partial charge >= 0.3 is 0 Å². The van der Waals surface area contributed by atoms with E-state index in [4.69, 9.17) is 0 Å². The smallest absolute Gasteiger partial charge is 0.228 e. The molecule has 2 rings (SSSR count). The molecule has 0 bridgehead atoms. The molecule has 0 radical (unpaired) electrons. The second-order valence-corrected chi connectivity index (χ2v) is 3.90. The highest BCUT2D eigenvalue weighted by atomic mass is 16.1. The van der Waals surface area contributed by atoms with E-state index < -0.39 is 0 Å². The van der Waals surface area contributed by atoms with Crippen molar-refractivity contribution in [1.82, 2.24) is 4.98 Å². The molecule has 1 aromatic heterocycles. The third-order valence-corrected chi connectivity index (χ3v) is 2.40. The predicted octanol–water partition coefficient (Wildman–Crippen LogP) is 2.57. The summed E-state index contributed by atoms with van der Waals surface area (Å²) < 4.78 is 0. The molecule has 17 heavy (non-hydrogen) atoms.